The summed E-state index contributed by atoms with van der Waals surface area (Å²) in [5, 5.41) is 9.78. The number of carbonyl (C=O) groups excluding carboxylic acids is 1. The van der Waals surface area contributed by atoms with Crippen LogP contribution in [0.5, 0.6) is 5.75 Å². The van der Waals surface area contributed by atoms with E-state index in [1.54, 1.807) is 12.1 Å². The third-order valence-corrected chi connectivity index (χ3v) is 4.26. The van der Waals surface area contributed by atoms with Gasteiger partial charge in [0.15, 0.2) is 5.82 Å². The highest BCUT2D eigenvalue weighted by atomic mass is 35.5. The lowest BCUT2D eigenvalue weighted by Crippen LogP contribution is -2.11. The van der Waals surface area contributed by atoms with Crippen LogP contribution < -0.4 is 15.8 Å². The van der Waals surface area contributed by atoms with E-state index in [-0.39, 0.29) is 18.3 Å². The molecule has 0 aliphatic carbocycles. The van der Waals surface area contributed by atoms with Gasteiger partial charge in [-0.3, -0.25) is 9.89 Å². The third-order valence-electron chi connectivity index (χ3n) is 4.26. The molecule has 1 heterocycles. The zero-order valence-electron chi connectivity index (χ0n) is 16.4. The molecule has 0 spiro atoms. The molecule has 0 saturated heterocycles. The number of carbonyl (C=O) groups is 1. The molecule has 4 N–H and O–H groups in total. The van der Waals surface area contributed by atoms with Crippen molar-refractivity contribution in [1.29, 1.82) is 0 Å². The molecule has 0 unspecified atom stereocenters. The van der Waals surface area contributed by atoms with Gasteiger partial charge < -0.3 is 15.8 Å². The monoisotopic (exact) mass is 415 g/mol. The van der Waals surface area contributed by atoms with Crippen LogP contribution in [0.4, 0.5) is 5.69 Å². The van der Waals surface area contributed by atoms with Gasteiger partial charge >= 0.3 is 0 Å². The SMILES string of the molecule is CCCCCOc1ccc(C(=O)Nc2ccc(-c3n[nH]c(CN)n3)cc2)cc1.Cl. The molecule has 154 valence electrons. The minimum absolute atomic E-state index is 0. The van der Waals surface area contributed by atoms with Gasteiger partial charge in [0.05, 0.1) is 13.2 Å². The number of unbranched alkanes of at least 4 members (excludes halogenated alkanes) is 2. The summed E-state index contributed by atoms with van der Waals surface area (Å²) in [6.07, 6.45) is 3.36. The number of rotatable bonds is 9. The maximum absolute atomic E-state index is 12.4. The van der Waals surface area contributed by atoms with E-state index in [2.05, 4.69) is 27.4 Å². The Morgan fingerprint density at radius 1 is 1.10 bits per heavy atom. The molecule has 0 fully saturated rings. The molecule has 0 aliphatic rings. The quantitative estimate of drug-likeness (QED) is 0.454. The summed E-state index contributed by atoms with van der Waals surface area (Å²) in [7, 11) is 0. The average molecular weight is 416 g/mol. The van der Waals surface area contributed by atoms with Gasteiger partial charge in [-0.2, -0.15) is 5.10 Å². The summed E-state index contributed by atoms with van der Waals surface area (Å²) in [4.78, 5) is 16.7. The highest BCUT2D eigenvalue weighted by molar-refractivity contribution is 6.04. The number of aromatic nitrogens is 3. The topological polar surface area (TPSA) is 106 Å². The molecule has 7 nitrogen and oxygen atoms in total. The van der Waals surface area contributed by atoms with Crippen molar-refractivity contribution in [2.45, 2.75) is 32.7 Å². The van der Waals surface area contributed by atoms with E-state index >= 15 is 0 Å². The lowest BCUT2D eigenvalue weighted by Gasteiger charge is -2.08. The fourth-order valence-electron chi connectivity index (χ4n) is 2.67. The van der Waals surface area contributed by atoms with Crippen LogP contribution in [-0.4, -0.2) is 27.7 Å². The molecule has 3 aromatic rings. The molecule has 29 heavy (non-hydrogen) atoms. The molecule has 1 aromatic heterocycles. The van der Waals surface area contributed by atoms with Gasteiger partial charge in [0.25, 0.3) is 5.91 Å². The molecular formula is C21H26ClN5O2. The fraction of sp³-hybridized carbons (Fsp3) is 0.286. The number of hydrogen-bond acceptors (Lipinski definition) is 5. The standard InChI is InChI=1S/C21H25N5O2.ClH/c1-2-3-4-13-28-18-11-7-16(8-12-18)21(27)23-17-9-5-15(6-10-17)20-24-19(14-22)25-26-20;/h5-12H,2-4,13-14,22H2,1H3,(H,23,27)(H,24,25,26);1H. The van der Waals surface area contributed by atoms with Crippen LogP contribution in [0.3, 0.4) is 0 Å². The zero-order valence-corrected chi connectivity index (χ0v) is 17.2. The highest BCUT2D eigenvalue weighted by Crippen LogP contribution is 2.19. The molecule has 1 amide bonds. The Balaban J connectivity index is 0.00000300. The Morgan fingerprint density at radius 2 is 1.83 bits per heavy atom. The molecule has 8 heteroatoms. The predicted octanol–water partition coefficient (Wildman–Crippen LogP) is 4.17. The molecule has 0 atom stereocenters. The van der Waals surface area contributed by atoms with Crippen molar-refractivity contribution in [1.82, 2.24) is 15.2 Å². The van der Waals surface area contributed by atoms with Crippen molar-refractivity contribution in [2.75, 3.05) is 11.9 Å². The maximum Gasteiger partial charge on any atom is 0.255 e. The summed E-state index contributed by atoms with van der Waals surface area (Å²) >= 11 is 0. The Morgan fingerprint density at radius 3 is 2.45 bits per heavy atom. The van der Waals surface area contributed by atoms with Crippen LogP contribution in [0.25, 0.3) is 11.4 Å². The van der Waals surface area contributed by atoms with Crippen LogP contribution in [0.1, 0.15) is 42.4 Å². The van der Waals surface area contributed by atoms with E-state index in [0.29, 0.717) is 36.1 Å². The zero-order chi connectivity index (χ0) is 19.8. The van der Waals surface area contributed by atoms with E-state index < -0.39 is 0 Å². The first-order chi connectivity index (χ1) is 13.7. The second kappa shape index (κ2) is 11.2. The van der Waals surface area contributed by atoms with Gasteiger partial charge in [-0.05, 0) is 55.0 Å². The molecular weight excluding hydrogens is 390 g/mol. The van der Waals surface area contributed by atoms with Crippen molar-refractivity contribution >= 4 is 24.0 Å². The van der Waals surface area contributed by atoms with Crippen LogP contribution in [-0.2, 0) is 6.54 Å². The predicted molar refractivity (Wildman–Crippen MR) is 116 cm³/mol. The second-order valence-electron chi connectivity index (χ2n) is 6.42. The van der Waals surface area contributed by atoms with Gasteiger partial charge in [0.1, 0.15) is 11.6 Å². The molecule has 0 saturated carbocycles. The highest BCUT2D eigenvalue weighted by Gasteiger charge is 2.08. The Hall–Kier alpha value is -2.90. The van der Waals surface area contributed by atoms with E-state index in [9.17, 15) is 4.79 Å². The van der Waals surface area contributed by atoms with Gasteiger partial charge in [0, 0.05) is 16.8 Å². The molecule has 2 aromatic carbocycles. The largest absolute Gasteiger partial charge is 0.494 e. The van der Waals surface area contributed by atoms with Gasteiger partial charge in [-0.15, -0.1) is 12.4 Å². The van der Waals surface area contributed by atoms with Crippen LogP contribution in [0.2, 0.25) is 0 Å². The van der Waals surface area contributed by atoms with Crippen LogP contribution in [0.15, 0.2) is 48.5 Å². The summed E-state index contributed by atoms with van der Waals surface area (Å²) in [6.45, 7) is 3.17. The molecule has 3 rings (SSSR count). The van der Waals surface area contributed by atoms with Gasteiger partial charge in [0.2, 0.25) is 0 Å². The van der Waals surface area contributed by atoms with Gasteiger partial charge in [-0.25, -0.2) is 4.98 Å². The number of benzene rings is 2. The van der Waals surface area contributed by atoms with Crippen molar-refractivity contribution in [3.05, 3.63) is 59.9 Å². The lowest BCUT2D eigenvalue weighted by molar-refractivity contribution is 0.102. The van der Waals surface area contributed by atoms with Crippen molar-refractivity contribution in [3.8, 4) is 17.1 Å². The second-order valence-corrected chi connectivity index (χ2v) is 6.42. The minimum Gasteiger partial charge on any atom is -0.494 e. The number of halogens is 1. The summed E-state index contributed by atoms with van der Waals surface area (Å²) in [5.41, 5.74) is 7.65. The smallest absolute Gasteiger partial charge is 0.255 e. The molecule has 0 bridgehead atoms. The minimum atomic E-state index is -0.173. The molecule has 0 aliphatic heterocycles. The maximum atomic E-state index is 12.4. The number of hydrogen-bond donors (Lipinski definition) is 3. The van der Waals surface area contributed by atoms with E-state index in [4.69, 9.17) is 10.5 Å². The van der Waals surface area contributed by atoms with Crippen molar-refractivity contribution < 1.29 is 9.53 Å². The number of anilines is 1. The normalized spacial score (nSPS) is 10.3. The number of nitrogens with two attached hydrogens (primary N) is 1. The number of nitrogens with zero attached hydrogens (tertiary/aromatic N) is 2. The van der Waals surface area contributed by atoms with Crippen molar-refractivity contribution in [3.63, 3.8) is 0 Å². The summed E-state index contributed by atoms with van der Waals surface area (Å²) < 4.78 is 5.67. The van der Waals surface area contributed by atoms with E-state index in [1.165, 1.54) is 0 Å². The first-order valence-electron chi connectivity index (χ1n) is 9.45. The number of aromatic amines is 1. The van der Waals surface area contributed by atoms with Crippen LogP contribution >= 0.6 is 12.4 Å². The van der Waals surface area contributed by atoms with Gasteiger partial charge in [-0.1, -0.05) is 19.8 Å². The van der Waals surface area contributed by atoms with E-state index in [1.807, 2.05) is 36.4 Å². The van der Waals surface area contributed by atoms with E-state index in [0.717, 1.165) is 30.6 Å². The Labute approximate surface area is 176 Å². The Bertz CT molecular complexity index is 894. The van der Waals surface area contributed by atoms with Crippen molar-refractivity contribution in [2.24, 2.45) is 5.73 Å². The first-order valence-corrected chi connectivity index (χ1v) is 9.45. The number of H-pyrrole nitrogens is 1. The van der Waals surface area contributed by atoms with Crippen LogP contribution in [0, 0.1) is 0 Å². The number of ether oxygens (including phenoxy) is 1. The Kier molecular flexibility index (Phi) is 8.64. The third kappa shape index (κ3) is 6.30. The summed E-state index contributed by atoms with van der Waals surface area (Å²) in [6, 6.07) is 14.5. The average Bonchev–Trinajstić information content (AvgIpc) is 3.21. The number of amides is 1. The summed E-state index contributed by atoms with van der Waals surface area (Å²) in [5.74, 6) is 1.81. The lowest BCUT2D eigenvalue weighted by atomic mass is 10.1. The first kappa shape index (κ1) is 22.4. The fourth-order valence-corrected chi connectivity index (χ4v) is 2.67. The molecule has 0 radical (unpaired) electrons. The number of nitrogens with one attached hydrogen (secondary N) is 2.